The van der Waals surface area contributed by atoms with E-state index in [4.69, 9.17) is 4.74 Å². The van der Waals surface area contributed by atoms with Gasteiger partial charge in [-0.2, -0.15) is 0 Å². The first-order chi connectivity index (χ1) is 10.6. The molecule has 2 atom stereocenters. The van der Waals surface area contributed by atoms with Crippen molar-refractivity contribution in [3.05, 3.63) is 70.2 Å². The van der Waals surface area contributed by atoms with Gasteiger partial charge < -0.3 is 9.64 Å². The SMILES string of the molecule is CC1CN(C(=O)c2cccc(Br)c2)CC(c2ccccc2)O1. The zero-order chi connectivity index (χ0) is 15.5. The van der Waals surface area contributed by atoms with E-state index in [0.29, 0.717) is 18.7 Å². The highest BCUT2D eigenvalue weighted by atomic mass is 79.9. The molecule has 1 fully saturated rings. The molecular formula is C18H18BrNO2. The van der Waals surface area contributed by atoms with Crippen molar-refractivity contribution in [3.63, 3.8) is 0 Å². The normalized spacial score (nSPS) is 21.6. The van der Waals surface area contributed by atoms with Gasteiger partial charge >= 0.3 is 0 Å². The number of benzene rings is 2. The Morgan fingerprint density at radius 3 is 2.64 bits per heavy atom. The van der Waals surface area contributed by atoms with Crippen LogP contribution in [-0.2, 0) is 4.74 Å². The first-order valence-corrected chi connectivity index (χ1v) is 8.18. The fourth-order valence-corrected chi connectivity index (χ4v) is 3.17. The lowest BCUT2D eigenvalue weighted by Crippen LogP contribution is -2.45. The largest absolute Gasteiger partial charge is 0.367 e. The Labute approximate surface area is 139 Å². The molecule has 1 aliphatic heterocycles. The Hall–Kier alpha value is -1.65. The summed E-state index contributed by atoms with van der Waals surface area (Å²) in [5.74, 6) is 0.0531. The van der Waals surface area contributed by atoms with Crippen LogP contribution in [0, 0.1) is 0 Å². The molecule has 4 heteroatoms. The molecule has 1 saturated heterocycles. The molecule has 114 valence electrons. The number of nitrogens with zero attached hydrogens (tertiary/aromatic N) is 1. The molecule has 22 heavy (non-hydrogen) atoms. The third-order valence-corrected chi connectivity index (χ3v) is 4.28. The first-order valence-electron chi connectivity index (χ1n) is 7.39. The Kier molecular flexibility index (Phi) is 4.60. The van der Waals surface area contributed by atoms with E-state index in [2.05, 4.69) is 15.9 Å². The summed E-state index contributed by atoms with van der Waals surface area (Å²) in [7, 11) is 0. The predicted octanol–water partition coefficient (Wildman–Crippen LogP) is 4.05. The molecule has 2 unspecified atom stereocenters. The van der Waals surface area contributed by atoms with Crippen LogP contribution in [0.1, 0.15) is 28.9 Å². The molecule has 1 heterocycles. The third-order valence-electron chi connectivity index (χ3n) is 3.79. The van der Waals surface area contributed by atoms with E-state index in [9.17, 15) is 4.79 Å². The van der Waals surface area contributed by atoms with Crippen LogP contribution in [0.15, 0.2) is 59.1 Å². The molecule has 2 aromatic rings. The average Bonchev–Trinajstić information content (AvgIpc) is 2.54. The molecular weight excluding hydrogens is 342 g/mol. The predicted molar refractivity (Wildman–Crippen MR) is 89.8 cm³/mol. The second kappa shape index (κ2) is 6.63. The number of carbonyl (C=O) groups excluding carboxylic acids is 1. The second-order valence-electron chi connectivity index (χ2n) is 5.57. The van der Waals surface area contributed by atoms with Gasteiger partial charge in [0.2, 0.25) is 0 Å². The van der Waals surface area contributed by atoms with E-state index < -0.39 is 0 Å². The number of carbonyl (C=O) groups is 1. The summed E-state index contributed by atoms with van der Waals surface area (Å²) in [4.78, 5) is 14.6. The number of hydrogen-bond acceptors (Lipinski definition) is 2. The highest BCUT2D eigenvalue weighted by Crippen LogP contribution is 2.26. The Bertz CT molecular complexity index is 659. The molecule has 1 aliphatic rings. The van der Waals surface area contributed by atoms with Gasteiger partial charge in [-0.1, -0.05) is 52.3 Å². The number of hydrogen-bond donors (Lipinski definition) is 0. The maximum absolute atomic E-state index is 12.7. The molecule has 0 radical (unpaired) electrons. The molecule has 3 rings (SSSR count). The van der Waals surface area contributed by atoms with Crippen molar-refractivity contribution >= 4 is 21.8 Å². The van der Waals surface area contributed by atoms with E-state index in [1.165, 1.54) is 0 Å². The number of amides is 1. The lowest BCUT2D eigenvalue weighted by atomic mass is 10.1. The topological polar surface area (TPSA) is 29.5 Å². The van der Waals surface area contributed by atoms with Crippen LogP contribution in [0.3, 0.4) is 0 Å². The molecule has 0 bridgehead atoms. The standard InChI is InChI=1S/C18H18BrNO2/c1-13-11-20(18(21)15-8-5-9-16(19)10-15)12-17(22-13)14-6-3-2-4-7-14/h2-10,13,17H,11-12H2,1H3. The van der Waals surface area contributed by atoms with Crippen LogP contribution in [0.4, 0.5) is 0 Å². The van der Waals surface area contributed by atoms with Crippen LogP contribution >= 0.6 is 15.9 Å². The van der Waals surface area contributed by atoms with Gasteiger partial charge in [0.25, 0.3) is 5.91 Å². The molecule has 3 nitrogen and oxygen atoms in total. The van der Waals surface area contributed by atoms with Crippen molar-refractivity contribution in [1.82, 2.24) is 4.90 Å². The minimum absolute atomic E-state index is 0.0232. The van der Waals surface area contributed by atoms with Gasteiger partial charge in [0.1, 0.15) is 6.10 Å². The van der Waals surface area contributed by atoms with Gasteiger partial charge in [0.05, 0.1) is 12.6 Å². The van der Waals surface area contributed by atoms with Gasteiger partial charge in [-0.15, -0.1) is 0 Å². The second-order valence-corrected chi connectivity index (χ2v) is 6.48. The number of rotatable bonds is 2. The van der Waals surface area contributed by atoms with Crippen molar-refractivity contribution in [2.24, 2.45) is 0 Å². The lowest BCUT2D eigenvalue weighted by molar-refractivity contribution is -0.0691. The number of ether oxygens (including phenoxy) is 1. The smallest absolute Gasteiger partial charge is 0.254 e. The van der Waals surface area contributed by atoms with E-state index >= 15 is 0 Å². The van der Waals surface area contributed by atoms with Crippen molar-refractivity contribution in [1.29, 1.82) is 0 Å². The zero-order valence-corrected chi connectivity index (χ0v) is 14.0. The van der Waals surface area contributed by atoms with Crippen molar-refractivity contribution in [2.45, 2.75) is 19.1 Å². The molecule has 0 spiro atoms. The zero-order valence-electron chi connectivity index (χ0n) is 12.4. The monoisotopic (exact) mass is 359 g/mol. The van der Waals surface area contributed by atoms with Gasteiger partial charge in [0, 0.05) is 16.6 Å². The van der Waals surface area contributed by atoms with E-state index in [0.717, 1.165) is 10.0 Å². The summed E-state index contributed by atoms with van der Waals surface area (Å²) in [5, 5.41) is 0. The average molecular weight is 360 g/mol. The molecule has 0 saturated carbocycles. The van der Waals surface area contributed by atoms with Gasteiger partial charge in [-0.05, 0) is 30.7 Å². The number of halogens is 1. The van der Waals surface area contributed by atoms with E-state index in [1.807, 2.05) is 66.4 Å². The lowest BCUT2D eigenvalue weighted by Gasteiger charge is -2.37. The molecule has 1 amide bonds. The number of morpholine rings is 1. The van der Waals surface area contributed by atoms with Crippen LogP contribution in [0.5, 0.6) is 0 Å². The van der Waals surface area contributed by atoms with E-state index in [-0.39, 0.29) is 18.1 Å². The molecule has 0 aromatic heterocycles. The van der Waals surface area contributed by atoms with Crippen LogP contribution < -0.4 is 0 Å². The van der Waals surface area contributed by atoms with Gasteiger partial charge in [-0.3, -0.25) is 4.79 Å². The van der Waals surface area contributed by atoms with Crippen LogP contribution in [0.2, 0.25) is 0 Å². The maximum atomic E-state index is 12.7. The van der Waals surface area contributed by atoms with Crippen LogP contribution in [-0.4, -0.2) is 30.0 Å². The Balaban J connectivity index is 1.80. The van der Waals surface area contributed by atoms with Crippen LogP contribution in [0.25, 0.3) is 0 Å². The quantitative estimate of drug-likeness (QED) is 0.809. The third kappa shape index (κ3) is 3.39. The summed E-state index contributed by atoms with van der Waals surface area (Å²) in [5.41, 5.74) is 1.82. The first kappa shape index (κ1) is 15.3. The maximum Gasteiger partial charge on any atom is 0.254 e. The minimum atomic E-state index is -0.0685. The summed E-state index contributed by atoms with van der Waals surface area (Å²) in [6.45, 7) is 3.21. The summed E-state index contributed by atoms with van der Waals surface area (Å²) >= 11 is 3.42. The molecule has 0 aliphatic carbocycles. The fraction of sp³-hybridized carbons (Fsp3) is 0.278. The fourth-order valence-electron chi connectivity index (χ4n) is 2.77. The van der Waals surface area contributed by atoms with Crippen molar-refractivity contribution in [2.75, 3.05) is 13.1 Å². The van der Waals surface area contributed by atoms with Crippen molar-refractivity contribution < 1.29 is 9.53 Å². The summed E-state index contributed by atoms with van der Waals surface area (Å²) in [6.07, 6.45) is -0.0453. The Morgan fingerprint density at radius 1 is 1.14 bits per heavy atom. The molecule has 0 N–H and O–H groups in total. The van der Waals surface area contributed by atoms with Crippen molar-refractivity contribution in [3.8, 4) is 0 Å². The van der Waals surface area contributed by atoms with Gasteiger partial charge in [0.15, 0.2) is 0 Å². The van der Waals surface area contributed by atoms with Gasteiger partial charge in [-0.25, -0.2) is 0 Å². The van der Waals surface area contributed by atoms with E-state index in [1.54, 1.807) is 0 Å². The summed E-state index contributed by atoms with van der Waals surface area (Å²) in [6, 6.07) is 17.6. The summed E-state index contributed by atoms with van der Waals surface area (Å²) < 4.78 is 6.93. The minimum Gasteiger partial charge on any atom is -0.367 e. The highest BCUT2D eigenvalue weighted by molar-refractivity contribution is 9.10. The highest BCUT2D eigenvalue weighted by Gasteiger charge is 2.29. The molecule has 2 aromatic carbocycles. The Morgan fingerprint density at radius 2 is 1.91 bits per heavy atom.